The van der Waals surface area contributed by atoms with Gasteiger partial charge < -0.3 is 9.30 Å². The second kappa shape index (κ2) is 4.34. The van der Waals surface area contributed by atoms with Crippen LogP contribution in [0.15, 0.2) is 35.1 Å². The molecule has 3 nitrogen and oxygen atoms in total. The molecule has 1 aromatic carbocycles. The fraction of sp³-hybridized carbons (Fsp3) is 0.214. The summed E-state index contributed by atoms with van der Waals surface area (Å²) in [7, 11) is 1.74. The summed E-state index contributed by atoms with van der Waals surface area (Å²) in [6, 6.07) is 9.05. The Hall–Kier alpha value is -2.21. The fourth-order valence-corrected chi connectivity index (χ4v) is 1.70. The van der Waals surface area contributed by atoms with E-state index in [2.05, 4.69) is 5.92 Å². The summed E-state index contributed by atoms with van der Waals surface area (Å²) in [5, 5.41) is 0.886. The minimum Gasteiger partial charge on any atom is -0.477 e. The number of hydrogen-bond acceptors (Lipinski definition) is 2. The van der Waals surface area contributed by atoms with Crippen molar-refractivity contribution in [2.75, 3.05) is 0 Å². The molecule has 1 unspecified atom stereocenters. The predicted octanol–water partition coefficient (Wildman–Crippen LogP) is 1.94. The molecule has 2 aromatic rings. The summed E-state index contributed by atoms with van der Waals surface area (Å²) in [4.78, 5) is 11.8. The topological polar surface area (TPSA) is 31.2 Å². The lowest BCUT2D eigenvalue weighted by atomic mass is 10.2. The Bertz CT molecular complexity index is 649. The molecule has 3 heteroatoms. The van der Waals surface area contributed by atoms with Gasteiger partial charge in [0.15, 0.2) is 6.10 Å². The highest BCUT2D eigenvalue weighted by molar-refractivity contribution is 5.85. The van der Waals surface area contributed by atoms with E-state index in [4.69, 9.17) is 11.2 Å². The van der Waals surface area contributed by atoms with Crippen molar-refractivity contribution in [2.45, 2.75) is 13.0 Å². The first-order chi connectivity index (χ1) is 8.13. The Morgan fingerprint density at radius 1 is 1.41 bits per heavy atom. The maximum Gasteiger partial charge on any atom is 0.254 e. The number of aryl methyl sites for hydroxylation is 1. The number of rotatable bonds is 2. The summed E-state index contributed by atoms with van der Waals surface area (Å²) < 4.78 is 7.15. The van der Waals surface area contributed by atoms with Crippen molar-refractivity contribution >= 4 is 10.9 Å². The van der Waals surface area contributed by atoms with Crippen molar-refractivity contribution in [2.24, 2.45) is 7.05 Å². The normalized spacial score (nSPS) is 12.1. The number of ether oxygens (including phenoxy) is 1. The second-order valence-corrected chi connectivity index (χ2v) is 3.85. The summed E-state index contributed by atoms with van der Waals surface area (Å²) >= 11 is 0. The Balaban J connectivity index is 2.68. The van der Waals surface area contributed by atoms with Crippen molar-refractivity contribution in [1.82, 2.24) is 4.57 Å². The van der Waals surface area contributed by atoms with Gasteiger partial charge in [-0.25, -0.2) is 0 Å². The molecule has 2 rings (SSSR count). The lowest BCUT2D eigenvalue weighted by Gasteiger charge is -2.13. The SMILES string of the molecule is C#CC(C)Oc1cc(=O)n(C)c2ccccc12. The summed E-state index contributed by atoms with van der Waals surface area (Å²) in [5.74, 6) is 3.02. The van der Waals surface area contributed by atoms with Gasteiger partial charge in [0, 0.05) is 18.5 Å². The third-order valence-corrected chi connectivity index (χ3v) is 2.65. The van der Waals surface area contributed by atoms with E-state index in [-0.39, 0.29) is 11.7 Å². The van der Waals surface area contributed by atoms with E-state index in [9.17, 15) is 4.79 Å². The van der Waals surface area contributed by atoms with E-state index in [1.807, 2.05) is 24.3 Å². The van der Waals surface area contributed by atoms with Crippen LogP contribution in [0.3, 0.4) is 0 Å². The first-order valence-electron chi connectivity index (χ1n) is 5.35. The molecule has 0 bridgehead atoms. The molecule has 0 aliphatic carbocycles. The number of benzene rings is 1. The Morgan fingerprint density at radius 2 is 2.12 bits per heavy atom. The molecule has 0 N–H and O–H groups in total. The van der Waals surface area contributed by atoms with Gasteiger partial charge in [0.2, 0.25) is 0 Å². The smallest absolute Gasteiger partial charge is 0.254 e. The van der Waals surface area contributed by atoms with Crippen LogP contribution in [0.2, 0.25) is 0 Å². The zero-order valence-corrected chi connectivity index (χ0v) is 9.81. The Kier molecular flexibility index (Phi) is 2.88. The van der Waals surface area contributed by atoms with Crippen LogP contribution in [0.1, 0.15) is 6.92 Å². The van der Waals surface area contributed by atoms with Crippen LogP contribution in [-0.4, -0.2) is 10.7 Å². The third-order valence-electron chi connectivity index (χ3n) is 2.65. The van der Waals surface area contributed by atoms with Crippen molar-refractivity contribution in [1.29, 1.82) is 0 Å². The fourth-order valence-electron chi connectivity index (χ4n) is 1.70. The van der Waals surface area contributed by atoms with Gasteiger partial charge in [0.25, 0.3) is 5.56 Å². The molecule has 1 heterocycles. The molecular weight excluding hydrogens is 214 g/mol. The average molecular weight is 227 g/mol. The number of fused-ring (bicyclic) bond motifs is 1. The van der Waals surface area contributed by atoms with E-state index >= 15 is 0 Å². The molecule has 86 valence electrons. The summed E-state index contributed by atoms with van der Waals surface area (Å²) in [6.07, 6.45) is 4.92. The lowest BCUT2D eigenvalue weighted by molar-refractivity contribution is 0.282. The number of para-hydroxylation sites is 1. The maximum atomic E-state index is 11.8. The van der Waals surface area contributed by atoms with Gasteiger partial charge in [-0.2, -0.15) is 0 Å². The minimum absolute atomic E-state index is 0.108. The van der Waals surface area contributed by atoms with Gasteiger partial charge in [-0.1, -0.05) is 18.1 Å². The summed E-state index contributed by atoms with van der Waals surface area (Å²) in [5.41, 5.74) is 0.724. The van der Waals surface area contributed by atoms with E-state index in [1.54, 1.807) is 18.5 Å². The number of nitrogens with zero attached hydrogens (tertiary/aromatic N) is 1. The van der Waals surface area contributed by atoms with Crippen LogP contribution < -0.4 is 10.3 Å². The molecule has 0 aliphatic heterocycles. The highest BCUT2D eigenvalue weighted by Crippen LogP contribution is 2.23. The zero-order chi connectivity index (χ0) is 12.4. The van der Waals surface area contributed by atoms with Gasteiger partial charge in [-0.05, 0) is 19.1 Å². The van der Waals surface area contributed by atoms with Crippen molar-refractivity contribution in [3.8, 4) is 18.1 Å². The molecule has 0 saturated heterocycles. The molecule has 0 aliphatic rings. The van der Waals surface area contributed by atoms with Gasteiger partial charge in [0.05, 0.1) is 5.52 Å². The molecule has 1 atom stereocenters. The van der Waals surface area contributed by atoms with Crippen LogP contribution in [-0.2, 0) is 7.05 Å². The van der Waals surface area contributed by atoms with E-state index in [1.165, 1.54) is 6.07 Å². The largest absolute Gasteiger partial charge is 0.477 e. The standard InChI is InChI=1S/C14H13NO2/c1-4-10(2)17-13-9-14(16)15(3)12-8-6-5-7-11(12)13/h1,5-10H,2-3H3. The summed E-state index contributed by atoms with van der Waals surface area (Å²) in [6.45, 7) is 1.77. The molecule has 0 saturated carbocycles. The molecule has 0 amide bonds. The van der Waals surface area contributed by atoms with Gasteiger partial charge in [-0.3, -0.25) is 4.79 Å². The monoisotopic (exact) mass is 227 g/mol. The van der Waals surface area contributed by atoms with E-state index < -0.39 is 0 Å². The van der Waals surface area contributed by atoms with Gasteiger partial charge in [0.1, 0.15) is 5.75 Å². The van der Waals surface area contributed by atoms with Crippen LogP contribution in [0.4, 0.5) is 0 Å². The number of aromatic nitrogens is 1. The lowest BCUT2D eigenvalue weighted by Crippen LogP contribution is -2.18. The van der Waals surface area contributed by atoms with Gasteiger partial charge >= 0.3 is 0 Å². The minimum atomic E-state index is -0.356. The van der Waals surface area contributed by atoms with E-state index in [0.29, 0.717) is 5.75 Å². The van der Waals surface area contributed by atoms with E-state index in [0.717, 1.165) is 10.9 Å². The maximum absolute atomic E-state index is 11.8. The first kappa shape index (κ1) is 11.3. The molecule has 1 aromatic heterocycles. The van der Waals surface area contributed by atoms with Crippen LogP contribution in [0.5, 0.6) is 5.75 Å². The predicted molar refractivity (Wildman–Crippen MR) is 68.1 cm³/mol. The molecule has 0 radical (unpaired) electrons. The zero-order valence-electron chi connectivity index (χ0n) is 9.81. The van der Waals surface area contributed by atoms with Gasteiger partial charge in [-0.15, -0.1) is 6.42 Å². The number of hydrogen-bond donors (Lipinski definition) is 0. The Labute approximate surface area is 99.6 Å². The van der Waals surface area contributed by atoms with Crippen LogP contribution in [0.25, 0.3) is 10.9 Å². The molecule has 0 fully saturated rings. The van der Waals surface area contributed by atoms with Crippen LogP contribution >= 0.6 is 0 Å². The molecule has 17 heavy (non-hydrogen) atoms. The van der Waals surface area contributed by atoms with Crippen LogP contribution in [0, 0.1) is 12.3 Å². The number of pyridine rings is 1. The highest BCUT2D eigenvalue weighted by atomic mass is 16.5. The van der Waals surface area contributed by atoms with Crippen molar-refractivity contribution in [3.05, 3.63) is 40.7 Å². The quantitative estimate of drug-likeness (QED) is 0.734. The van der Waals surface area contributed by atoms with Crippen molar-refractivity contribution < 1.29 is 4.74 Å². The molecular formula is C14H13NO2. The third kappa shape index (κ3) is 2.02. The average Bonchev–Trinajstić information content (AvgIpc) is 2.35. The second-order valence-electron chi connectivity index (χ2n) is 3.85. The Morgan fingerprint density at radius 3 is 2.82 bits per heavy atom. The highest BCUT2D eigenvalue weighted by Gasteiger charge is 2.08. The first-order valence-corrected chi connectivity index (χ1v) is 5.35. The van der Waals surface area contributed by atoms with Crippen molar-refractivity contribution in [3.63, 3.8) is 0 Å². The molecule has 0 spiro atoms. The number of terminal acetylenes is 1.